The molecule has 0 bridgehead atoms. The van der Waals surface area contributed by atoms with Gasteiger partial charge in [-0.3, -0.25) is 0 Å². The van der Waals surface area contributed by atoms with Crippen molar-refractivity contribution in [3.05, 3.63) is 218 Å². The van der Waals surface area contributed by atoms with Gasteiger partial charge in [0.05, 0.1) is 39.0 Å². The molecular formula is C62H35B3N6. The summed E-state index contributed by atoms with van der Waals surface area (Å²) < 4.78 is 4.41. The van der Waals surface area contributed by atoms with Gasteiger partial charge in [-0.05, 0) is 51.9 Å². The Labute approximate surface area is 413 Å². The van der Waals surface area contributed by atoms with Crippen LogP contribution in [-0.2, 0) is 0 Å². The highest BCUT2D eigenvalue weighted by molar-refractivity contribution is 6.56. The first-order valence-electron chi connectivity index (χ1n) is 23.4. The Hall–Kier alpha value is -9.25. The van der Waals surface area contributed by atoms with Crippen LogP contribution in [0.15, 0.2) is 212 Å². The molecule has 0 aliphatic heterocycles. The number of aromatic nitrogens is 5. The van der Waals surface area contributed by atoms with E-state index in [0.717, 1.165) is 93.5 Å². The predicted molar refractivity (Wildman–Crippen MR) is 294 cm³/mol. The molecule has 13 aromatic rings. The van der Waals surface area contributed by atoms with Crippen molar-refractivity contribution in [2.45, 2.75) is 0 Å². The number of fused-ring (bicyclic) bond motifs is 8. The molecule has 0 N–H and O–H groups in total. The molecule has 13 rings (SSSR count). The molecule has 9 heteroatoms. The van der Waals surface area contributed by atoms with Crippen LogP contribution in [0.2, 0.25) is 0 Å². The Morgan fingerprint density at radius 3 is 1.52 bits per heavy atom. The van der Waals surface area contributed by atoms with Crippen LogP contribution in [0.1, 0.15) is 5.56 Å². The molecular weight excluding hydrogens is 861 g/mol. The van der Waals surface area contributed by atoms with Crippen molar-refractivity contribution in [1.82, 2.24) is 24.1 Å². The highest BCUT2D eigenvalue weighted by Crippen LogP contribution is 2.43. The van der Waals surface area contributed by atoms with Gasteiger partial charge < -0.3 is 9.13 Å². The maximum absolute atomic E-state index is 11.5. The molecule has 71 heavy (non-hydrogen) atoms. The molecule has 0 amide bonds. The summed E-state index contributed by atoms with van der Waals surface area (Å²) in [5.74, 6) is 0.988. The molecule has 3 aromatic heterocycles. The minimum Gasteiger partial charge on any atom is -0.309 e. The molecule has 0 unspecified atom stereocenters. The van der Waals surface area contributed by atoms with Crippen LogP contribution < -0.4 is 16.4 Å². The lowest BCUT2D eigenvalue weighted by molar-refractivity contribution is 1.08. The van der Waals surface area contributed by atoms with Crippen molar-refractivity contribution in [3.63, 3.8) is 0 Å². The maximum Gasteiger partial charge on any atom is 0.164 e. The average Bonchev–Trinajstić information content (AvgIpc) is 3.95. The van der Waals surface area contributed by atoms with E-state index in [1.807, 2.05) is 91.0 Å². The first-order chi connectivity index (χ1) is 35.0. The van der Waals surface area contributed by atoms with Crippen molar-refractivity contribution >= 4 is 94.3 Å². The second-order valence-corrected chi connectivity index (χ2v) is 17.6. The summed E-state index contributed by atoms with van der Waals surface area (Å²) in [7, 11) is 22.2. The number of nitrogens with zero attached hydrogens (tertiary/aromatic N) is 6. The van der Waals surface area contributed by atoms with Crippen LogP contribution in [0.3, 0.4) is 0 Å². The van der Waals surface area contributed by atoms with Gasteiger partial charge in [0.25, 0.3) is 0 Å². The molecule has 0 aliphatic rings. The smallest absolute Gasteiger partial charge is 0.164 e. The summed E-state index contributed by atoms with van der Waals surface area (Å²) in [4.78, 5) is 15.6. The van der Waals surface area contributed by atoms with Gasteiger partial charge in [-0.1, -0.05) is 204 Å². The minimum atomic E-state index is 0.0984. The summed E-state index contributed by atoms with van der Waals surface area (Å²) in [5, 5.41) is 17.7. The Morgan fingerprint density at radius 1 is 0.380 bits per heavy atom. The standard InChI is InChI=1S/C62H35B3N6/c63-55-48(36-66)59(71-50-31-15-13-27-43(50)44-34-35-52-53(58(44)71)47-30-14-16-32-51(47)70(52)49-33-17-23-39-22-7-8-26-42(39)49)57(65)56(64)54(55)62-68-60(45-28-11-9-24-40(45)37-18-3-1-4-19-37)67-61(69-62)46-29-12-10-25-41(46)38-20-5-2-6-21-38/h1-35H. The van der Waals surface area contributed by atoms with Gasteiger partial charge in [-0.25, -0.2) is 15.0 Å². The third-order valence-electron chi connectivity index (χ3n) is 13.8. The van der Waals surface area contributed by atoms with E-state index in [0.29, 0.717) is 17.3 Å². The van der Waals surface area contributed by atoms with Gasteiger partial charge >= 0.3 is 0 Å². The number of hydrogen-bond acceptors (Lipinski definition) is 4. The first-order valence-corrected chi connectivity index (χ1v) is 23.4. The quantitative estimate of drug-likeness (QED) is 0.149. The van der Waals surface area contributed by atoms with Crippen LogP contribution >= 0.6 is 0 Å². The van der Waals surface area contributed by atoms with Gasteiger partial charge in [0.15, 0.2) is 17.5 Å². The van der Waals surface area contributed by atoms with Crippen molar-refractivity contribution in [3.8, 4) is 73.9 Å². The molecule has 6 nitrogen and oxygen atoms in total. The lowest BCUT2D eigenvalue weighted by atomic mass is 9.69. The van der Waals surface area contributed by atoms with Crippen molar-refractivity contribution < 1.29 is 0 Å². The monoisotopic (exact) mass is 896 g/mol. The molecule has 0 atom stereocenters. The molecule has 322 valence electrons. The van der Waals surface area contributed by atoms with Crippen LogP contribution in [0.4, 0.5) is 0 Å². The van der Waals surface area contributed by atoms with Gasteiger partial charge in [0.2, 0.25) is 0 Å². The van der Waals surface area contributed by atoms with E-state index < -0.39 is 0 Å². The van der Waals surface area contributed by atoms with Gasteiger partial charge in [-0.2, -0.15) is 5.26 Å². The largest absolute Gasteiger partial charge is 0.309 e. The zero-order chi connectivity index (χ0) is 47.7. The fourth-order valence-corrected chi connectivity index (χ4v) is 10.6. The number of nitriles is 1. The Balaban J connectivity index is 1.10. The zero-order valence-corrected chi connectivity index (χ0v) is 38.1. The summed E-state index contributed by atoms with van der Waals surface area (Å²) in [6.45, 7) is 0. The second kappa shape index (κ2) is 16.8. The van der Waals surface area contributed by atoms with Gasteiger partial charge in [0, 0.05) is 43.6 Å². The van der Waals surface area contributed by atoms with E-state index in [1.165, 1.54) is 0 Å². The van der Waals surface area contributed by atoms with E-state index in [9.17, 15) is 5.26 Å². The topological polar surface area (TPSA) is 72.3 Å². The summed E-state index contributed by atoms with van der Waals surface area (Å²) in [6, 6.07) is 74.6. The van der Waals surface area contributed by atoms with Crippen molar-refractivity contribution in [2.75, 3.05) is 0 Å². The SMILES string of the molecule is [B]c1c([B])c(-n2c3ccccc3c3ccc4c(c5ccccc5n4-c4cccc5ccccc45)c32)c(C#N)c([B])c1-c1nc(-c2ccccc2-c2ccccc2)nc(-c2ccccc2-c2ccccc2)n1. The zero-order valence-electron chi connectivity index (χ0n) is 38.1. The molecule has 0 spiro atoms. The second-order valence-electron chi connectivity index (χ2n) is 17.6. The van der Waals surface area contributed by atoms with Crippen molar-refractivity contribution in [2.24, 2.45) is 0 Å². The van der Waals surface area contributed by atoms with Gasteiger partial charge in [-0.15, -0.1) is 0 Å². The number of para-hydroxylation sites is 2. The Morgan fingerprint density at radius 2 is 0.887 bits per heavy atom. The van der Waals surface area contributed by atoms with E-state index in [-0.39, 0.29) is 33.3 Å². The van der Waals surface area contributed by atoms with Crippen LogP contribution in [0.25, 0.3) is 122 Å². The third kappa shape index (κ3) is 6.56. The van der Waals surface area contributed by atoms with E-state index in [2.05, 4.69) is 137 Å². The normalized spacial score (nSPS) is 11.5. The Kier molecular flexibility index (Phi) is 9.89. The summed E-state index contributed by atoms with van der Waals surface area (Å²) in [6.07, 6.45) is 0. The molecule has 3 heterocycles. The maximum atomic E-state index is 11.5. The van der Waals surface area contributed by atoms with Crippen LogP contribution in [0, 0.1) is 11.3 Å². The number of rotatable bonds is 7. The molecule has 0 saturated carbocycles. The highest BCUT2D eigenvalue weighted by Gasteiger charge is 2.27. The fraction of sp³-hybridized carbons (Fsp3) is 0. The van der Waals surface area contributed by atoms with Crippen molar-refractivity contribution in [1.29, 1.82) is 5.26 Å². The van der Waals surface area contributed by atoms with Crippen LogP contribution in [-0.4, -0.2) is 47.6 Å². The highest BCUT2D eigenvalue weighted by atomic mass is 15.0. The molecule has 0 saturated heterocycles. The summed E-state index contributed by atoms with van der Waals surface area (Å²) >= 11 is 0. The van der Waals surface area contributed by atoms with E-state index in [1.54, 1.807) is 0 Å². The predicted octanol–water partition coefficient (Wildman–Crippen LogP) is 11.8. The Bertz CT molecular complexity index is 4240. The van der Waals surface area contributed by atoms with Crippen LogP contribution in [0.5, 0.6) is 0 Å². The lowest BCUT2D eigenvalue weighted by Crippen LogP contribution is -2.39. The molecule has 0 aliphatic carbocycles. The molecule has 0 fully saturated rings. The van der Waals surface area contributed by atoms with E-state index in [4.69, 9.17) is 38.5 Å². The lowest BCUT2D eigenvalue weighted by Gasteiger charge is -2.23. The molecule has 6 radical (unpaired) electrons. The fourth-order valence-electron chi connectivity index (χ4n) is 10.6. The minimum absolute atomic E-state index is 0.0984. The van der Waals surface area contributed by atoms with Gasteiger partial charge in [0.1, 0.15) is 29.6 Å². The third-order valence-corrected chi connectivity index (χ3v) is 13.8. The number of benzene rings is 10. The summed E-state index contributed by atoms with van der Waals surface area (Å²) in [5.41, 5.74) is 11.4. The average molecular weight is 896 g/mol. The van der Waals surface area contributed by atoms with E-state index >= 15 is 0 Å². The first kappa shape index (κ1) is 41.9. The molecule has 10 aromatic carbocycles. The number of hydrogen-bond donors (Lipinski definition) is 0.